The number of benzene rings is 2. The molecule has 0 spiro atoms. The number of halogens is 2. The molecule has 11 heteroatoms. The molecule has 9 nitrogen and oxygen atoms in total. The van der Waals surface area contributed by atoms with E-state index in [1.807, 2.05) is 30.3 Å². The molecule has 0 radical (unpaired) electrons. The lowest BCUT2D eigenvalue weighted by Gasteiger charge is -2.10. The smallest absolute Gasteiger partial charge is 0.387 e. The highest BCUT2D eigenvalue weighted by molar-refractivity contribution is 5.60. The van der Waals surface area contributed by atoms with E-state index >= 15 is 0 Å². The zero-order valence-electron chi connectivity index (χ0n) is 15.1. The van der Waals surface area contributed by atoms with Crippen LogP contribution in [0.2, 0.25) is 0 Å². The van der Waals surface area contributed by atoms with E-state index < -0.39 is 6.61 Å². The molecule has 0 aliphatic rings. The van der Waals surface area contributed by atoms with Crippen LogP contribution < -0.4 is 9.47 Å². The molecule has 2 aromatic carbocycles. The molecule has 148 valence electrons. The van der Waals surface area contributed by atoms with Crippen LogP contribution in [0, 0.1) is 0 Å². The maximum Gasteiger partial charge on any atom is 0.387 e. The van der Waals surface area contributed by atoms with Gasteiger partial charge >= 0.3 is 6.61 Å². The molecule has 0 atom stereocenters. The Kier molecular flexibility index (Phi) is 5.10. The van der Waals surface area contributed by atoms with E-state index in [1.165, 1.54) is 30.1 Å². The molecule has 0 unspecified atom stereocenters. The number of alkyl halides is 2. The van der Waals surface area contributed by atoms with Crippen molar-refractivity contribution < 1.29 is 22.8 Å². The average molecular weight is 400 g/mol. The first kappa shape index (κ1) is 18.5. The van der Waals surface area contributed by atoms with Crippen molar-refractivity contribution in [2.75, 3.05) is 7.11 Å². The summed E-state index contributed by atoms with van der Waals surface area (Å²) in [7, 11) is 1.35. The van der Waals surface area contributed by atoms with Gasteiger partial charge < -0.3 is 14.0 Å². The molecule has 2 aromatic heterocycles. The monoisotopic (exact) mass is 400 g/mol. The van der Waals surface area contributed by atoms with Crippen molar-refractivity contribution in [3.63, 3.8) is 0 Å². The third-order valence-corrected chi connectivity index (χ3v) is 3.87. The van der Waals surface area contributed by atoms with Crippen LogP contribution in [0.4, 0.5) is 8.78 Å². The topological polar surface area (TPSA) is 101 Å². The van der Waals surface area contributed by atoms with Crippen molar-refractivity contribution in [3.05, 3.63) is 54.4 Å². The first-order valence-electron chi connectivity index (χ1n) is 8.41. The Morgan fingerprint density at radius 2 is 1.86 bits per heavy atom. The van der Waals surface area contributed by atoms with E-state index in [4.69, 9.17) is 9.26 Å². The molecule has 0 amide bonds. The van der Waals surface area contributed by atoms with Crippen LogP contribution in [-0.2, 0) is 6.54 Å². The summed E-state index contributed by atoms with van der Waals surface area (Å²) in [5, 5.41) is 16.2. The van der Waals surface area contributed by atoms with Gasteiger partial charge in [-0.1, -0.05) is 35.5 Å². The minimum Gasteiger partial charge on any atom is -0.493 e. The fraction of sp³-hybridized carbons (Fsp3) is 0.167. The Labute approximate surface area is 162 Å². The molecule has 0 bridgehead atoms. The number of ether oxygens (including phenoxy) is 2. The summed E-state index contributed by atoms with van der Waals surface area (Å²) in [5.74, 6) is 1.02. The molecule has 4 rings (SSSR count). The summed E-state index contributed by atoms with van der Waals surface area (Å²) in [5.41, 5.74) is 1.35. The quantitative estimate of drug-likeness (QED) is 0.467. The van der Waals surface area contributed by atoms with E-state index in [9.17, 15) is 8.78 Å². The summed E-state index contributed by atoms with van der Waals surface area (Å²) in [6.07, 6.45) is 0. The maximum atomic E-state index is 12.4. The van der Waals surface area contributed by atoms with Gasteiger partial charge in [-0.25, -0.2) is 0 Å². The van der Waals surface area contributed by atoms with Crippen LogP contribution in [0.25, 0.3) is 22.8 Å². The average Bonchev–Trinajstić information content (AvgIpc) is 3.39. The summed E-state index contributed by atoms with van der Waals surface area (Å²) >= 11 is 0. The standard InChI is InChI=1S/C18H14F2N6O3/c1-27-14-9-12(7-8-13(14)28-18(19)20)16-21-15(29-24-16)10-26-23-17(22-25-26)11-5-3-2-4-6-11/h2-9,18H,10H2,1H3. The van der Waals surface area contributed by atoms with E-state index in [2.05, 4.69) is 30.3 Å². The van der Waals surface area contributed by atoms with Crippen LogP contribution in [0.15, 0.2) is 53.1 Å². The summed E-state index contributed by atoms with van der Waals surface area (Å²) < 4.78 is 39.6. The van der Waals surface area contributed by atoms with E-state index in [-0.39, 0.29) is 29.8 Å². The van der Waals surface area contributed by atoms with Gasteiger partial charge in [-0.2, -0.15) is 18.6 Å². The Balaban J connectivity index is 1.51. The SMILES string of the molecule is COc1cc(-c2noc(Cn3nnc(-c4ccccc4)n3)n2)ccc1OC(F)F. The molecule has 4 aromatic rings. The molecule has 2 heterocycles. The molecular weight excluding hydrogens is 386 g/mol. The number of rotatable bonds is 7. The van der Waals surface area contributed by atoms with Gasteiger partial charge in [0.2, 0.25) is 11.6 Å². The molecule has 0 fully saturated rings. The zero-order valence-corrected chi connectivity index (χ0v) is 15.1. The van der Waals surface area contributed by atoms with Crippen molar-refractivity contribution in [2.45, 2.75) is 13.2 Å². The van der Waals surface area contributed by atoms with Gasteiger partial charge in [0.1, 0.15) is 6.54 Å². The number of nitrogens with zero attached hydrogens (tertiary/aromatic N) is 6. The predicted molar refractivity (Wildman–Crippen MR) is 95.3 cm³/mol. The Hall–Kier alpha value is -3.89. The second kappa shape index (κ2) is 8.00. The van der Waals surface area contributed by atoms with Crippen LogP contribution in [0.5, 0.6) is 11.5 Å². The molecule has 0 saturated carbocycles. The van der Waals surface area contributed by atoms with Gasteiger partial charge in [0, 0.05) is 11.1 Å². The van der Waals surface area contributed by atoms with Crippen molar-refractivity contribution in [3.8, 4) is 34.3 Å². The van der Waals surface area contributed by atoms with Gasteiger partial charge in [0.25, 0.3) is 5.89 Å². The zero-order chi connectivity index (χ0) is 20.2. The van der Waals surface area contributed by atoms with E-state index in [0.717, 1.165) is 5.56 Å². The lowest BCUT2D eigenvalue weighted by Crippen LogP contribution is -2.04. The van der Waals surface area contributed by atoms with Gasteiger partial charge in [-0.3, -0.25) is 0 Å². The maximum absolute atomic E-state index is 12.4. The first-order valence-corrected chi connectivity index (χ1v) is 8.41. The van der Waals surface area contributed by atoms with Gasteiger partial charge in [-0.15, -0.1) is 10.2 Å². The number of hydrogen-bond donors (Lipinski definition) is 0. The number of aromatic nitrogens is 6. The normalized spacial score (nSPS) is 11.0. The Morgan fingerprint density at radius 1 is 1.03 bits per heavy atom. The predicted octanol–water partition coefficient (Wildman–Crippen LogP) is 3.05. The Bertz CT molecular complexity index is 1100. The van der Waals surface area contributed by atoms with Gasteiger partial charge in [-0.05, 0) is 23.4 Å². The highest BCUT2D eigenvalue weighted by Crippen LogP contribution is 2.32. The lowest BCUT2D eigenvalue weighted by atomic mass is 10.2. The van der Waals surface area contributed by atoms with Crippen molar-refractivity contribution in [1.82, 2.24) is 30.3 Å². The molecule has 0 N–H and O–H groups in total. The van der Waals surface area contributed by atoms with E-state index in [0.29, 0.717) is 11.4 Å². The summed E-state index contributed by atoms with van der Waals surface area (Å²) in [4.78, 5) is 5.61. The number of hydrogen-bond acceptors (Lipinski definition) is 8. The van der Waals surface area contributed by atoms with Crippen LogP contribution in [0.3, 0.4) is 0 Å². The minimum atomic E-state index is -2.96. The summed E-state index contributed by atoms with van der Waals surface area (Å²) in [6.45, 7) is -2.83. The Morgan fingerprint density at radius 3 is 2.62 bits per heavy atom. The highest BCUT2D eigenvalue weighted by Gasteiger charge is 2.16. The molecule has 0 saturated heterocycles. The molecule has 0 aliphatic carbocycles. The van der Waals surface area contributed by atoms with Crippen LogP contribution in [-0.4, -0.2) is 44.1 Å². The minimum absolute atomic E-state index is 0.0878. The van der Waals surface area contributed by atoms with E-state index in [1.54, 1.807) is 0 Å². The number of tetrazole rings is 1. The van der Waals surface area contributed by atoms with Crippen LogP contribution in [0.1, 0.15) is 5.89 Å². The van der Waals surface area contributed by atoms with Crippen LogP contribution >= 0.6 is 0 Å². The first-order chi connectivity index (χ1) is 14.1. The second-order valence-corrected chi connectivity index (χ2v) is 5.77. The molecule has 0 aliphatic heterocycles. The number of methoxy groups -OCH3 is 1. The largest absolute Gasteiger partial charge is 0.493 e. The molecular formula is C18H14F2N6O3. The van der Waals surface area contributed by atoms with Gasteiger partial charge in [0.05, 0.1) is 7.11 Å². The van der Waals surface area contributed by atoms with Crippen molar-refractivity contribution in [2.24, 2.45) is 0 Å². The summed E-state index contributed by atoms with van der Waals surface area (Å²) in [6, 6.07) is 13.8. The fourth-order valence-corrected chi connectivity index (χ4v) is 2.57. The van der Waals surface area contributed by atoms with Crippen molar-refractivity contribution >= 4 is 0 Å². The highest BCUT2D eigenvalue weighted by atomic mass is 19.3. The third-order valence-electron chi connectivity index (χ3n) is 3.87. The molecule has 29 heavy (non-hydrogen) atoms. The fourth-order valence-electron chi connectivity index (χ4n) is 2.57. The van der Waals surface area contributed by atoms with Crippen molar-refractivity contribution in [1.29, 1.82) is 0 Å². The van der Waals surface area contributed by atoms with Gasteiger partial charge in [0.15, 0.2) is 11.5 Å². The lowest BCUT2D eigenvalue weighted by molar-refractivity contribution is -0.0512. The third kappa shape index (κ3) is 4.18. The second-order valence-electron chi connectivity index (χ2n) is 5.77.